The Bertz CT molecular complexity index is 785. The Morgan fingerprint density at radius 2 is 1.88 bits per heavy atom. The van der Waals surface area contributed by atoms with Gasteiger partial charge in [-0.25, -0.2) is 0 Å². The Morgan fingerprint density at radius 3 is 2.58 bits per heavy atom. The Morgan fingerprint density at radius 1 is 1.17 bits per heavy atom. The summed E-state index contributed by atoms with van der Waals surface area (Å²) < 4.78 is 0. The van der Waals surface area contributed by atoms with Crippen LogP contribution < -0.4 is 5.32 Å². The third-order valence-electron chi connectivity index (χ3n) is 3.54. The molecule has 1 aliphatic heterocycles. The molecule has 0 saturated carbocycles. The molecule has 1 N–H and O–H groups in total. The highest BCUT2D eigenvalue weighted by Crippen LogP contribution is 2.23. The van der Waals surface area contributed by atoms with Gasteiger partial charge in [-0.05, 0) is 36.6 Å². The van der Waals surface area contributed by atoms with Gasteiger partial charge < -0.3 is 5.32 Å². The van der Waals surface area contributed by atoms with Crippen LogP contribution in [0.3, 0.4) is 0 Å². The molecule has 24 heavy (non-hydrogen) atoms. The van der Waals surface area contributed by atoms with Crippen molar-refractivity contribution in [3.63, 3.8) is 0 Å². The zero-order valence-electron chi connectivity index (χ0n) is 13.1. The first-order chi connectivity index (χ1) is 11.6. The topological polar surface area (TPSA) is 53.8 Å². The zero-order chi connectivity index (χ0) is 16.9. The van der Waals surface area contributed by atoms with E-state index in [0.717, 1.165) is 11.1 Å². The number of amidine groups is 1. The van der Waals surface area contributed by atoms with E-state index in [1.165, 1.54) is 17.3 Å². The molecule has 1 saturated heterocycles. The SMILES string of the molecule is Cc1ccc(C[C@H]2S/C(=N/N=C\c3ccc(Cl)cc3)NC2=O)cc1. The molecule has 0 unspecified atom stereocenters. The van der Waals surface area contributed by atoms with E-state index >= 15 is 0 Å². The summed E-state index contributed by atoms with van der Waals surface area (Å²) in [6.07, 6.45) is 2.31. The number of carbonyl (C=O) groups excluding carboxylic acids is 1. The summed E-state index contributed by atoms with van der Waals surface area (Å²) in [5.41, 5.74) is 3.24. The second kappa shape index (κ2) is 7.64. The summed E-state index contributed by atoms with van der Waals surface area (Å²) in [7, 11) is 0. The van der Waals surface area contributed by atoms with Gasteiger partial charge in [0.15, 0.2) is 5.17 Å². The second-order valence-electron chi connectivity index (χ2n) is 5.49. The molecule has 1 aliphatic rings. The van der Waals surface area contributed by atoms with Crippen molar-refractivity contribution in [3.8, 4) is 0 Å². The highest BCUT2D eigenvalue weighted by molar-refractivity contribution is 8.15. The average Bonchev–Trinajstić information content (AvgIpc) is 2.91. The van der Waals surface area contributed by atoms with Crippen LogP contribution >= 0.6 is 23.4 Å². The van der Waals surface area contributed by atoms with Crippen LogP contribution in [0.4, 0.5) is 0 Å². The Kier molecular flexibility index (Phi) is 5.33. The van der Waals surface area contributed by atoms with E-state index < -0.39 is 0 Å². The Balaban J connectivity index is 1.61. The summed E-state index contributed by atoms with van der Waals surface area (Å²) >= 11 is 7.24. The third-order valence-corrected chi connectivity index (χ3v) is 4.87. The number of benzene rings is 2. The minimum absolute atomic E-state index is 0.0268. The summed E-state index contributed by atoms with van der Waals surface area (Å²) in [6, 6.07) is 15.5. The number of aryl methyl sites for hydroxylation is 1. The van der Waals surface area contributed by atoms with Crippen LogP contribution in [-0.4, -0.2) is 22.5 Å². The molecule has 0 aliphatic carbocycles. The van der Waals surface area contributed by atoms with Gasteiger partial charge in [0.25, 0.3) is 0 Å². The first-order valence-corrected chi connectivity index (χ1v) is 8.75. The lowest BCUT2D eigenvalue weighted by Crippen LogP contribution is -2.25. The molecular weight excluding hydrogens is 342 g/mol. The van der Waals surface area contributed by atoms with Crippen LogP contribution in [-0.2, 0) is 11.2 Å². The van der Waals surface area contributed by atoms with Crippen molar-refractivity contribution < 1.29 is 4.79 Å². The lowest BCUT2D eigenvalue weighted by Gasteiger charge is -2.05. The average molecular weight is 358 g/mol. The van der Waals surface area contributed by atoms with Crippen LogP contribution in [0.15, 0.2) is 58.7 Å². The van der Waals surface area contributed by atoms with Gasteiger partial charge in [0.1, 0.15) is 0 Å². The fourth-order valence-corrected chi connectivity index (χ4v) is 3.31. The third kappa shape index (κ3) is 4.46. The van der Waals surface area contributed by atoms with Crippen molar-refractivity contribution in [2.45, 2.75) is 18.6 Å². The molecule has 1 amide bonds. The number of hydrogen-bond acceptors (Lipinski definition) is 4. The number of rotatable bonds is 4. The molecule has 2 aromatic rings. The van der Waals surface area contributed by atoms with E-state index in [4.69, 9.17) is 11.6 Å². The maximum atomic E-state index is 12.0. The van der Waals surface area contributed by atoms with Gasteiger partial charge >= 0.3 is 0 Å². The number of hydrogen-bond donors (Lipinski definition) is 1. The van der Waals surface area contributed by atoms with Crippen molar-refractivity contribution in [2.75, 3.05) is 0 Å². The van der Waals surface area contributed by atoms with E-state index in [1.807, 2.05) is 19.1 Å². The maximum absolute atomic E-state index is 12.0. The van der Waals surface area contributed by atoms with Crippen molar-refractivity contribution in [2.24, 2.45) is 10.2 Å². The van der Waals surface area contributed by atoms with Gasteiger partial charge in [-0.2, -0.15) is 5.10 Å². The summed E-state index contributed by atoms with van der Waals surface area (Å²) in [6.45, 7) is 2.05. The van der Waals surface area contributed by atoms with Gasteiger partial charge in [0, 0.05) is 5.02 Å². The minimum atomic E-state index is -0.169. The molecule has 0 radical (unpaired) electrons. The molecular formula is C18H16ClN3OS. The summed E-state index contributed by atoms with van der Waals surface area (Å²) in [4.78, 5) is 12.0. The molecule has 1 atom stereocenters. The lowest BCUT2D eigenvalue weighted by atomic mass is 10.1. The van der Waals surface area contributed by atoms with Gasteiger partial charge in [-0.3, -0.25) is 4.79 Å². The number of thioether (sulfide) groups is 1. The molecule has 0 spiro atoms. The highest BCUT2D eigenvalue weighted by Gasteiger charge is 2.30. The van der Waals surface area contributed by atoms with Crippen LogP contribution in [0, 0.1) is 6.92 Å². The molecule has 3 rings (SSSR count). The van der Waals surface area contributed by atoms with E-state index in [1.54, 1.807) is 18.3 Å². The van der Waals surface area contributed by atoms with E-state index in [9.17, 15) is 4.79 Å². The molecule has 0 aromatic heterocycles. The van der Waals surface area contributed by atoms with E-state index in [-0.39, 0.29) is 11.2 Å². The fraction of sp³-hybridized carbons (Fsp3) is 0.167. The van der Waals surface area contributed by atoms with Crippen molar-refractivity contribution in [1.29, 1.82) is 0 Å². The van der Waals surface area contributed by atoms with Crippen LogP contribution in [0.25, 0.3) is 0 Å². The van der Waals surface area contributed by atoms with E-state index in [2.05, 4.69) is 39.8 Å². The Labute approximate surface area is 150 Å². The predicted molar refractivity (Wildman–Crippen MR) is 101 cm³/mol. The standard InChI is InChI=1S/C18H16ClN3OS/c1-12-2-4-13(5-3-12)10-16-17(23)21-18(24-16)22-20-11-14-6-8-15(19)9-7-14/h2-9,11,16H,10H2,1H3,(H,21,22,23)/b20-11-/t16-/m1/s1. The number of nitrogens with one attached hydrogen (secondary N) is 1. The Hall–Kier alpha value is -2.11. The van der Waals surface area contributed by atoms with E-state index in [0.29, 0.717) is 16.6 Å². The smallest absolute Gasteiger partial charge is 0.239 e. The number of amides is 1. The molecule has 4 nitrogen and oxygen atoms in total. The molecule has 0 bridgehead atoms. The largest absolute Gasteiger partial charge is 0.303 e. The van der Waals surface area contributed by atoms with Crippen LogP contribution in [0.5, 0.6) is 0 Å². The highest BCUT2D eigenvalue weighted by atomic mass is 35.5. The van der Waals surface area contributed by atoms with Crippen LogP contribution in [0.1, 0.15) is 16.7 Å². The molecule has 6 heteroatoms. The maximum Gasteiger partial charge on any atom is 0.239 e. The van der Waals surface area contributed by atoms with Gasteiger partial charge in [-0.1, -0.05) is 65.3 Å². The van der Waals surface area contributed by atoms with Crippen molar-refractivity contribution in [3.05, 3.63) is 70.2 Å². The van der Waals surface area contributed by atoms with Crippen molar-refractivity contribution in [1.82, 2.24) is 5.32 Å². The van der Waals surface area contributed by atoms with Crippen molar-refractivity contribution >= 4 is 40.7 Å². The predicted octanol–water partition coefficient (Wildman–Crippen LogP) is 3.81. The molecule has 1 fully saturated rings. The van der Waals surface area contributed by atoms with Gasteiger partial charge in [-0.15, -0.1) is 5.10 Å². The van der Waals surface area contributed by atoms with Crippen LogP contribution in [0.2, 0.25) is 5.02 Å². The monoisotopic (exact) mass is 357 g/mol. The number of nitrogens with zero attached hydrogens (tertiary/aromatic N) is 2. The fourth-order valence-electron chi connectivity index (χ4n) is 2.22. The van der Waals surface area contributed by atoms with Gasteiger partial charge in [0.05, 0.1) is 11.5 Å². The summed E-state index contributed by atoms with van der Waals surface area (Å²) in [5.74, 6) is -0.0268. The molecule has 1 heterocycles. The quantitative estimate of drug-likeness (QED) is 0.668. The second-order valence-corrected chi connectivity index (χ2v) is 7.11. The minimum Gasteiger partial charge on any atom is -0.303 e. The summed E-state index contributed by atoms with van der Waals surface area (Å²) in [5, 5.41) is 11.9. The number of carbonyl (C=O) groups is 1. The zero-order valence-corrected chi connectivity index (χ0v) is 14.6. The lowest BCUT2D eigenvalue weighted by molar-refractivity contribution is -0.118. The molecule has 122 valence electrons. The number of halogens is 1. The first kappa shape index (κ1) is 16.7. The first-order valence-electron chi connectivity index (χ1n) is 7.50. The van der Waals surface area contributed by atoms with Gasteiger partial charge in [0.2, 0.25) is 5.91 Å². The normalized spacial score (nSPS) is 19.2. The molecule has 2 aromatic carbocycles.